The van der Waals surface area contributed by atoms with Crippen molar-refractivity contribution in [1.29, 1.82) is 0 Å². The number of nitrogens with two attached hydrogens (primary N) is 2. The van der Waals surface area contributed by atoms with Gasteiger partial charge in [-0.15, -0.1) is 0 Å². The van der Waals surface area contributed by atoms with E-state index in [4.69, 9.17) is 16.2 Å². The number of amides is 1. The average Bonchev–Trinajstić information content (AvgIpc) is 2.23. The summed E-state index contributed by atoms with van der Waals surface area (Å²) in [7, 11) is 1.53. The molecule has 0 aromatic carbocycles. The summed E-state index contributed by atoms with van der Waals surface area (Å²) in [6, 6.07) is 0. The van der Waals surface area contributed by atoms with Crippen molar-refractivity contribution in [1.82, 2.24) is 4.90 Å². The molecule has 0 aromatic rings. The second-order valence-corrected chi connectivity index (χ2v) is 3.45. The van der Waals surface area contributed by atoms with Crippen LogP contribution in [0.3, 0.4) is 0 Å². The SMILES string of the molecule is COCC(=O)N(CCCN)CCCCN. The van der Waals surface area contributed by atoms with E-state index in [2.05, 4.69) is 0 Å². The predicted molar refractivity (Wildman–Crippen MR) is 60.4 cm³/mol. The van der Waals surface area contributed by atoms with Crippen molar-refractivity contribution < 1.29 is 9.53 Å². The molecule has 5 heteroatoms. The topological polar surface area (TPSA) is 81.6 Å². The second-order valence-electron chi connectivity index (χ2n) is 3.45. The summed E-state index contributed by atoms with van der Waals surface area (Å²) in [5, 5.41) is 0. The molecule has 15 heavy (non-hydrogen) atoms. The Balaban J connectivity index is 3.87. The molecule has 0 aromatic heterocycles. The minimum Gasteiger partial charge on any atom is -0.375 e. The molecule has 0 bridgehead atoms. The molecule has 0 radical (unpaired) electrons. The molecule has 4 N–H and O–H groups in total. The number of carbonyl (C=O) groups excluding carboxylic acids is 1. The zero-order chi connectivity index (χ0) is 11.5. The third-order valence-corrected chi connectivity index (χ3v) is 2.13. The lowest BCUT2D eigenvalue weighted by Crippen LogP contribution is -2.36. The van der Waals surface area contributed by atoms with Gasteiger partial charge in [-0.2, -0.15) is 0 Å². The molecule has 0 fully saturated rings. The largest absolute Gasteiger partial charge is 0.375 e. The molecular formula is C10H23N3O2. The second kappa shape index (κ2) is 9.89. The first-order valence-corrected chi connectivity index (χ1v) is 5.43. The number of ether oxygens (including phenoxy) is 1. The van der Waals surface area contributed by atoms with E-state index in [1.165, 1.54) is 7.11 Å². The van der Waals surface area contributed by atoms with E-state index in [1.54, 1.807) is 4.90 Å². The molecule has 0 saturated heterocycles. The van der Waals surface area contributed by atoms with Crippen LogP contribution in [0.25, 0.3) is 0 Å². The van der Waals surface area contributed by atoms with E-state index in [9.17, 15) is 4.79 Å². The predicted octanol–water partition coefficient (Wildman–Crippen LogP) is -0.451. The monoisotopic (exact) mass is 217 g/mol. The van der Waals surface area contributed by atoms with E-state index in [0.29, 0.717) is 19.6 Å². The van der Waals surface area contributed by atoms with Crippen LogP contribution in [-0.2, 0) is 9.53 Å². The van der Waals surface area contributed by atoms with Gasteiger partial charge in [0.1, 0.15) is 6.61 Å². The van der Waals surface area contributed by atoms with Crippen LogP contribution in [0.15, 0.2) is 0 Å². The first-order valence-electron chi connectivity index (χ1n) is 5.43. The Morgan fingerprint density at radius 2 is 1.73 bits per heavy atom. The van der Waals surface area contributed by atoms with Gasteiger partial charge in [-0.1, -0.05) is 0 Å². The third-order valence-electron chi connectivity index (χ3n) is 2.13. The standard InChI is InChI=1S/C10H23N3O2/c1-15-9-10(14)13(8-4-6-12)7-3-2-5-11/h2-9,11-12H2,1H3. The van der Waals surface area contributed by atoms with Crippen LogP contribution in [0.4, 0.5) is 0 Å². The summed E-state index contributed by atoms with van der Waals surface area (Å²) < 4.78 is 4.82. The summed E-state index contributed by atoms with van der Waals surface area (Å²) >= 11 is 0. The van der Waals surface area contributed by atoms with Crippen molar-refractivity contribution >= 4 is 5.91 Å². The molecule has 0 saturated carbocycles. The number of hydrogen-bond donors (Lipinski definition) is 2. The minimum atomic E-state index is 0.0305. The average molecular weight is 217 g/mol. The summed E-state index contributed by atoms with van der Waals surface area (Å²) in [6.45, 7) is 2.88. The summed E-state index contributed by atoms with van der Waals surface area (Å²) in [6.07, 6.45) is 2.72. The van der Waals surface area contributed by atoms with E-state index in [1.807, 2.05) is 0 Å². The van der Waals surface area contributed by atoms with Gasteiger partial charge in [-0.3, -0.25) is 4.79 Å². The van der Waals surface area contributed by atoms with Crippen LogP contribution in [0.5, 0.6) is 0 Å². The van der Waals surface area contributed by atoms with E-state index in [0.717, 1.165) is 25.8 Å². The van der Waals surface area contributed by atoms with Gasteiger partial charge < -0.3 is 21.1 Å². The number of rotatable bonds is 9. The fourth-order valence-electron chi connectivity index (χ4n) is 1.31. The molecular weight excluding hydrogens is 194 g/mol. The van der Waals surface area contributed by atoms with Crippen LogP contribution in [0, 0.1) is 0 Å². The number of methoxy groups -OCH3 is 1. The highest BCUT2D eigenvalue weighted by Crippen LogP contribution is 1.97. The lowest BCUT2D eigenvalue weighted by Gasteiger charge is -2.22. The van der Waals surface area contributed by atoms with E-state index >= 15 is 0 Å². The molecule has 0 unspecified atom stereocenters. The van der Waals surface area contributed by atoms with Gasteiger partial charge in [0, 0.05) is 20.2 Å². The van der Waals surface area contributed by atoms with Crippen molar-refractivity contribution in [2.45, 2.75) is 19.3 Å². The first kappa shape index (κ1) is 14.3. The molecule has 0 aliphatic heterocycles. The Morgan fingerprint density at radius 3 is 2.27 bits per heavy atom. The molecule has 0 aliphatic carbocycles. The van der Waals surface area contributed by atoms with Crippen LogP contribution in [-0.4, -0.2) is 50.7 Å². The molecule has 90 valence electrons. The number of nitrogens with zero attached hydrogens (tertiary/aromatic N) is 1. The smallest absolute Gasteiger partial charge is 0.248 e. The normalized spacial score (nSPS) is 10.3. The molecule has 0 aliphatic rings. The van der Waals surface area contributed by atoms with Crippen molar-refractivity contribution in [2.24, 2.45) is 11.5 Å². The van der Waals surface area contributed by atoms with Crippen LogP contribution in [0.1, 0.15) is 19.3 Å². The maximum atomic E-state index is 11.6. The Hall–Kier alpha value is -0.650. The van der Waals surface area contributed by atoms with Crippen LogP contribution < -0.4 is 11.5 Å². The van der Waals surface area contributed by atoms with Gasteiger partial charge in [0.2, 0.25) is 5.91 Å². The zero-order valence-electron chi connectivity index (χ0n) is 9.58. The highest BCUT2D eigenvalue weighted by molar-refractivity contribution is 5.77. The van der Waals surface area contributed by atoms with Crippen molar-refractivity contribution in [3.8, 4) is 0 Å². The number of hydrogen-bond acceptors (Lipinski definition) is 4. The van der Waals surface area contributed by atoms with Gasteiger partial charge >= 0.3 is 0 Å². The molecule has 5 nitrogen and oxygen atoms in total. The van der Waals surface area contributed by atoms with Crippen molar-refractivity contribution in [2.75, 3.05) is 39.9 Å². The summed E-state index contributed by atoms with van der Waals surface area (Å²) in [5.41, 5.74) is 10.8. The highest BCUT2D eigenvalue weighted by Gasteiger charge is 2.11. The van der Waals surface area contributed by atoms with Gasteiger partial charge in [0.05, 0.1) is 0 Å². The quantitative estimate of drug-likeness (QED) is 0.512. The number of carbonyl (C=O) groups is 1. The van der Waals surface area contributed by atoms with Crippen molar-refractivity contribution in [3.63, 3.8) is 0 Å². The zero-order valence-corrected chi connectivity index (χ0v) is 9.58. The molecule has 0 atom stereocenters. The maximum absolute atomic E-state index is 11.6. The van der Waals surface area contributed by atoms with Gasteiger partial charge in [0.25, 0.3) is 0 Å². The molecule has 1 amide bonds. The Bertz CT molecular complexity index is 165. The Morgan fingerprint density at radius 1 is 1.13 bits per heavy atom. The fourth-order valence-corrected chi connectivity index (χ4v) is 1.31. The lowest BCUT2D eigenvalue weighted by molar-refractivity contribution is -0.135. The minimum absolute atomic E-state index is 0.0305. The van der Waals surface area contributed by atoms with Gasteiger partial charge in [0.15, 0.2) is 0 Å². The van der Waals surface area contributed by atoms with Crippen molar-refractivity contribution in [3.05, 3.63) is 0 Å². The van der Waals surface area contributed by atoms with Crippen LogP contribution >= 0.6 is 0 Å². The van der Waals surface area contributed by atoms with Crippen LogP contribution in [0.2, 0.25) is 0 Å². The summed E-state index contributed by atoms with van der Waals surface area (Å²) in [4.78, 5) is 13.4. The molecule has 0 heterocycles. The highest BCUT2D eigenvalue weighted by atomic mass is 16.5. The Kier molecular flexibility index (Phi) is 9.46. The van der Waals surface area contributed by atoms with E-state index < -0.39 is 0 Å². The van der Waals surface area contributed by atoms with Gasteiger partial charge in [-0.05, 0) is 32.4 Å². The summed E-state index contributed by atoms with van der Waals surface area (Å²) in [5.74, 6) is 0.0305. The maximum Gasteiger partial charge on any atom is 0.248 e. The number of unbranched alkanes of at least 4 members (excludes halogenated alkanes) is 1. The molecule has 0 spiro atoms. The Labute approximate surface area is 91.7 Å². The fraction of sp³-hybridized carbons (Fsp3) is 0.900. The lowest BCUT2D eigenvalue weighted by atomic mass is 10.2. The first-order chi connectivity index (χ1) is 7.26. The van der Waals surface area contributed by atoms with E-state index in [-0.39, 0.29) is 12.5 Å². The molecule has 0 rings (SSSR count). The van der Waals surface area contributed by atoms with Gasteiger partial charge in [-0.25, -0.2) is 0 Å². The third kappa shape index (κ3) is 7.30.